The molecule has 76 valence electrons. The van der Waals surface area contributed by atoms with E-state index in [0.717, 1.165) is 11.6 Å². The Bertz CT molecular complexity index is 255. The van der Waals surface area contributed by atoms with E-state index in [2.05, 4.69) is 22.4 Å². The lowest BCUT2D eigenvalue weighted by Gasteiger charge is -2.12. The lowest BCUT2D eigenvalue weighted by Crippen LogP contribution is -2.22. The lowest BCUT2D eigenvalue weighted by atomic mass is 10.2. The van der Waals surface area contributed by atoms with Gasteiger partial charge in [0.1, 0.15) is 0 Å². The summed E-state index contributed by atoms with van der Waals surface area (Å²) >= 11 is 1.90. The molecule has 0 amide bonds. The van der Waals surface area contributed by atoms with Crippen LogP contribution < -0.4 is 5.32 Å². The molecule has 1 aliphatic rings. The lowest BCUT2D eigenvalue weighted by molar-refractivity contribution is 0.706. The Morgan fingerprint density at radius 2 is 2.36 bits per heavy atom. The van der Waals surface area contributed by atoms with Gasteiger partial charge in [0.2, 0.25) is 0 Å². The second kappa shape index (κ2) is 5.37. The number of nitrogens with zero attached hydrogens (tertiary/aromatic N) is 1. The van der Waals surface area contributed by atoms with Crippen LogP contribution in [0.25, 0.3) is 0 Å². The van der Waals surface area contributed by atoms with Gasteiger partial charge >= 0.3 is 0 Å². The molecule has 1 unspecified atom stereocenters. The zero-order valence-corrected chi connectivity index (χ0v) is 9.09. The van der Waals surface area contributed by atoms with E-state index in [4.69, 9.17) is 0 Å². The molecule has 1 saturated heterocycles. The van der Waals surface area contributed by atoms with E-state index in [1.54, 1.807) is 0 Å². The predicted molar refractivity (Wildman–Crippen MR) is 60.6 cm³/mol. The van der Waals surface area contributed by atoms with Crippen molar-refractivity contribution in [3.8, 4) is 0 Å². The Morgan fingerprint density at radius 1 is 1.36 bits per heavy atom. The van der Waals surface area contributed by atoms with Crippen molar-refractivity contribution in [2.75, 3.05) is 13.1 Å². The average Bonchev–Trinajstić information content (AvgIpc) is 2.48. The molecule has 1 aliphatic heterocycles. The van der Waals surface area contributed by atoms with Crippen LogP contribution in [-0.4, -0.2) is 23.3 Å². The summed E-state index contributed by atoms with van der Waals surface area (Å²) in [6.45, 7) is 2.31. The van der Waals surface area contributed by atoms with Gasteiger partial charge in [-0.25, -0.2) is 4.98 Å². The Morgan fingerprint density at radius 3 is 3.21 bits per heavy atom. The van der Waals surface area contributed by atoms with Crippen molar-refractivity contribution in [1.82, 2.24) is 10.3 Å². The molecule has 14 heavy (non-hydrogen) atoms. The van der Waals surface area contributed by atoms with Crippen LogP contribution in [-0.2, 0) is 0 Å². The van der Waals surface area contributed by atoms with Gasteiger partial charge in [-0.1, -0.05) is 12.5 Å². The number of rotatable bonds is 2. The van der Waals surface area contributed by atoms with Crippen LogP contribution in [0.5, 0.6) is 0 Å². The third kappa shape index (κ3) is 3.00. The largest absolute Gasteiger partial charge is 0.316 e. The molecule has 2 heterocycles. The average molecular weight is 208 g/mol. The summed E-state index contributed by atoms with van der Waals surface area (Å²) in [6, 6.07) is 6.12. The van der Waals surface area contributed by atoms with Crippen molar-refractivity contribution < 1.29 is 0 Å². The van der Waals surface area contributed by atoms with Gasteiger partial charge in [-0.3, -0.25) is 0 Å². The van der Waals surface area contributed by atoms with E-state index >= 15 is 0 Å². The van der Waals surface area contributed by atoms with Crippen LogP contribution in [0.2, 0.25) is 0 Å². The fraction of sp³-hybridized carbons (Fsp3) is 0.545. The maximum atomic E-state index is 4.34. The van der Waals surface area contributed by atoms with Gasteiger partial charge in [-0.2, -0.15) is 0 Å². The Hall–Kier alpha value is -0.540. The van der Waals surface area contributed by atoms with Gasteiger partial charge in [0.15, 0.2) is 0 Å². The molecule has 1 aromatic heterocycles. The molecule has 0 bridgehead atoms. The molecule has 0 radical (unpaired) electrons. The van der Waals surface area contributed by atoms with Crippen molar-refractivity contribution in [2.45, 2.75) is 29.5 Å². The summed E-state index contributed by atoms with van der Waals surface area (Å²) in [6.07, 6.45) is 5.84. The van der Waals surface area contributed by atoms with Crippen LogP contribution in [0.15, 0.2) is 29.4 Å². The first kappa shape index (κ1) is 9.99. The van der Waals surface area contributed by atoms with E-state index in [-0.39, 0.29) is 0 Å². The van der Waals surface area contributed by atoms with Gasteiger partial charge in [0.25, 0.3) is 0 Å². The second-order valence-corrected chi connectivity index (χ2v) is 4.93. The molecule has 2 rings (SSSR count). The van der Waals surface area contributed by atoms with Crippen molar-refractivity contribution in [1.29, 1.82) is 0 Å². The van der Waals surface area contributed by atoms with Crippen LogP contribution >= 0.6 is 11.8 Å². The summed E-state index contributed by atoms with van der Waals surface area (Å²) < 4.78 is 0. The number of pyridine rings is 1. The highest BCUT2D eigenvalue weighted by molar-refractivity contribution is 7.99. The fourth-order valence-corrected chi connectivity index (χ4v) is 2.78. The van der Waals surface area contributed by atoms with E-state index in [9.17, 15) is 0 Å². The first-order chi connectivity index (χ1) is 6.95. The van der Waals surface area contributed by atoms with Crippen molar-refractivity contribution >= 4 is 11.8 Å². The monoisotopic (exact) mass is 208 g/mol. The quantitative estimate of drug-likeness (QED) is 0.807. The van der Waals surface area contributed by atoms with E-state index in [1.807, 2.05) is 24.0 Å². The number of hydrogen-bond donors (Lipinski definition) is 1. The molecular formula is C11H16N2S. The van der Waals surface area contributed by atoms with Crippen LogP contribution in [0.3, 0.4) is 0 Å². The first-order valence-corrected chi connectivity index (χ1v) is 6.11. The summed E-state index contributed by atoms with van der Waals surface area (Å²) in [5.74, 6) is 0. The predicted octanol–water partition coefficient (Wildman–Crippen LogP) is 2.32. The smallest absolute Gasteiger partial charge is 0.0962 e. The van der Waals surface area contributed by atoms with Crippen molar-refractivity contribution in [2.24, 2.45) is 0 Å². The molecule has 3 heteroatoms. The first-order valence-electron chi connectivity index (χ1n) is 5.23. The van der Waals surface area contributed by atoms with Gasteiger partial charge in [0.05, 0.1) is 5.03 Å². The molecule has 0 aromatic carbocycles. The third-order valence-electron chi connectivity index (χ3n) is 2.43. The minimum atomic E-state index is 0.701. The van der Waals surface area contributed by atoms with Crippen molar-refractivity contribution in [3.63, 3.8) is 0 Å². The highest BCUT2D eigenvalue weighted by Gasteiger charge is 2.13. The van der Waals surface area contributed by atoms with Crippen LogP contribution in [0, 0.1) is 0 Å². The topological polar surface area (TPSA) is 24.9 Å². The summed E-state index contributed by atoms with van der Waals surface area (Å²) in [5.41, 5.74) is 0. The van der Waals surface area contributed by atoms with E-state index < -0.39 is 0 Å². The maximum absolute atomic E-state index is 4.34. The molecule has 0 saturated carbocycles. The highest BCUT2D eigenvalue weighted by atomic mass is 32.2. The number of hydrogen-bond acceptors (Lipinski definition) is 3. The Balaban J connectivity index is 1.90. The molecule has 1 aromatic rings. The zero-order chi connectivity index (χ0) is 9.64. The van der Waals surface area contributed by atoms with E-state index in [1.165, 1.54) is 25.8 Å². The van der Waals surface area contributed by atoms with Gasteiger partial charge < -0.3 is 5.32 Å². The molecule has 0 spiro atoms. The summed E-state index contributed by atoms with van der Waals surface area (Å²) in [7, 11) is 0. The number of nitrogens with one attached hydrogen (secondary N) is 1. The highest BCUT2D eigenvalue weighted by Crippen LogP contribution is 2.25. The van der Waals surface area contributed by atoms with Crippen molar-refractivity contribution in [3.05, 3.63) is 24.4 Å². The Labute approximate surface area is 89.5 Å². The SMILES string of the molecule is c1ccc(SC2CCCCNC2)nc1. The molecule has 1 atom stereocenters. The fourth-order valence-electron chi connectivity index (χ4n) is 1.68. The molecule has 2 nitrogen and oxygen atoms in total. The third-order valence-corrected chi connectivity index (χ3v) is 3.65. The standard InChI is InChI=1S/C11H16N2S/c1-3-7-12-9-10(5-1)14-11-6-2-4-8-13-11/h2,4,6,8,10,12H,1,3,5,7,9H2. The molecular weight excluding hydrogens is 192 g/mol. The van der Waals surface area contributed by atoms with Gasteiger partial charge in [-0.05, 0) is 31.5 Å². The number of thioether (sulfide) groups is 1. The van der Waals surface area contributed by atoms with Gasteiger partial charge in [-0.15, -0.1) is 11.8 Å². The summed E-state index contributed by atoms with van der Waals surface area (Å²) in [5, 5.41) is 5.32. The maximum Gasteiger partial charge on any atom is 0.0962 e. The number of aromatic nitrogens is 1. The normalized spacial score (nSPS) is 23.0. The van der Waals surface area contributed by atoms with Crippen LogP contribution in [0.4, 0.5) is 0 Å². The molecule has 1 fully saturated rings. The minimum absolute atomic E-state index is 0.701. The molecule has 0 aliphatic carbocycles. The second-order valence-electron chi connectivity index (χ2n) is 3.61. The van der Waals surface area contributed by atoms with Gasteiger partial charge in [0, 0.05) is 18.0 Å². The summed E-state index contributed by atoms with van der Waals surface area (Å²) in [4.78, 5) is 4.34. The van der Waals surface area contributed by atoms with E-state index in [0.29, 0.717) is 5.25 Å². The minimum Gasteiger partial charge on any atom is -0.316 e. The van der Waals surface area contributed by atoms with Crippen LogP contribution in [0.1, 0.15) is 19.3 Å². The molecule has 1 N–H and O–H groups in total. The zero-order valence-electron chi connectivity index (χ0n) is 8.28. The Kier molecular flexibility index (Phi) is 3.83.